The summed E-state index contributed by atoms with van der Waals surface area (Å²) in [5, 5.41) is 0. The zero-order valence-corrected chi connectivity index (χ0v) is 13.9. The smallest absolute Gasteiger partial charge is 0.217 e. The van der Waals surface area contributed by atoms with Gasteiger partial charge in [0, 0.05) is 5.56 Å². The fourth-order valence-corrected chi connectivity index (χ4v) is 2.59. The molecule has 0 saturated carbocycles. The van der Waals surface area contributed by atoms with Crippen LogP contribution in [0.5, 0.6) is 11.5 Å². The Labute approximate surface area is 136 Å². The molecule has 0 radical (unpaired) electrons. The Morgan fingerprint density at radius 1 is 0.957 bits per heavy atom. The van der Waals surface area contributed by atoms with Crippen molar-refractivity contribution in [2.75, 3.05) is 20.8 Å². The highest BCUT2D eigenvalue weighted by Gasteiger charge is 2.28. The molecule has 2 aromatic rings. The Bertz CT molecular complexity index is 750. The van der Waals surface area contributed by atoms with E-state index < -0.39 is 0 Å². The molecule has 1 aliphatic rings. The van der Waals surface area contributed by atoms with Crippen molar-refractivity contribution in [1.29, 1.82) is 0 Å². The van der Waals surface area contributed by atoms with Crippen molar-refractivity contribution < 1.29 is 14.2 Å². The molecule has 23 heavy (non-hydrogen) atoms. The lowest BCUT2D eigenvalue weighted by Gasteiger charge is -2.12. The molecule has 0 aromatic heterocycles. The van der Waals surface area contributed by atoms with Gasteiger partial charge in [0.2, 0.25) is 5.90 Å². The SMILES string of the molecule is COc1cccc(-c2cc(OC)ccc2C2=NC(C)(C)CO2)c1. The number of hydrogen-bond donors (Lipinski definition) is 0. The molecule has 120 valence electrons. The monoisotopic (exact) mass is 311 g/mol. The molecule has 0 spiro atoms. The van der Waals surface area contributed by atoms with Gasteiger partial charge >= 0.3 is 0 Å². The summed E-state index contributed by atoms with van der Waals surface area (Å²) in [4.78, 5) is 4.70. The van der Waals surface area contributed by atoms with Crippen molar-refractivity contribution in [3.63, 3.8) is 0 Å². The maximum absolute atomic E-state index is 5.82. The van der Waals surface area contributed by atoms with Crippen LogP contribution in [0.4, 0.5) is 0 Å². The quantitative estimate of drug-likeness (QED) is 0.859. The van der Waals surface area contributed by atoms with Crippen molar-refractivity contribution in [2.24, 2.45) is 4.99 Å². The maximum Gasteiger partial charge on any atom is 0.217 e. The van der Waals surface area contributed by atoms with E-state index in [1.54, 1.807) is 14.2 Å². The highest BCUT2D eigenvalue weighted by Crippen LogP contribution is 2.33. The van der Waals surface area contributed by atoms with E-state index in [1.807, 2.05) is 42.5 Å². The van der Waals surface area contributed by atoms with Gasteiger partial charge in [-0.2, -0.15) is 0 Å². The lowest BCUT2D eigenvalue weighted by atomic mass is 9.98. The summed E-state index contributed by atoms with van der Waals surface area (Å²) in [7, 11) is 3.33. The fourth-order valence-electron chi connectivity index (χ4n) is 2.59. The van der Waals surface area contributed by atoms with Gasteiger partial charge in [0.15, 0.2) is 0 Å². The van der Waals surface area contributed by atoms with Gasteiger partial charge in [-0.15, -0.1) is 0 Å². The zero-order valence-electron chi connectivity index (χ0n) is 13.9. The second-order valence-electron chi connectivity index (χ2n) is 6.16. The Kier molecular flexibility index (Phi) is 3.99. The average molecular weight is 311 g/mol. The predicted octanol–water partition coefficient (Wildman–Crippen LogP) is 3.93. The number of nitrogens with zero attached hydrogens (tertiary/aromatic N) is 1. The normalized spacial score (nSPS) is 15.7. The summed E-state index contributed by atoms with van der Waals surface area (Å²) >= 11 is 0. The fraction of sp³-hybridized carbons (Fsp3) is 0.316. The lowest BCUT2D eigenvalue weighted by Crippen LogP contribution is -2.17. The Hall–Kier alpha value is -2.49. The van der Waals surface area contributed by atoms with Crippen molar-refractivity contribution in [3.05, 3.63) is 48.0 Å². The molecule has 3 rings (SSSR count). The van der Waals surface area contributed by atoms with Gasteiger partial charge < -0.3 is 14.2 Å². The molecule has 4 heteroatoms. The minimum atomic E-state index is -0.194. The third-order valence-corrected chi connectivity index (χ3v) is 3.80. The summed E-state index contributed by atoms with van der Waals surface area (Å²) < 4.78 is 16.5. The van der Waals surface area contributed by atoms with E-state index in [9.17, 15) is 0 Å². The molecular weight excluding hydrogens is 290 g/mol. The molecule has 0 bridgehead atoms. The summed E-state index contributed by atoms with van der Waals surface area (Å²) in [6.07, 6.45) is 0. The maximum atomic E-state index is 5.82. The molecule has 0 saturated heterocycles. The van der Waals surface area contributed by atoms with Crippen LogP contribution in [0.1, 0.15) is 19.4 Å². The molecule has 0 fully saturated rings. The van der Waals surface area contributed by atoms with Crippen LogP contribution in [-0.2, 0) is 4.74 Å². The highest BCUT2D eigenvalue weighted by atomic mass is 16.5. The van der Waals surface area contributed by atoms with Crippen LogP contribution >= 0.6 is 0 Å². The zero-order chi connectivity index (χ0) is 16.4. The van der Waals surface area contributed by atoms with Gasteiger partial charge in [-0.3, -0.25) is 0 Å². The lowest BCUT2D eigenvalue weighted by molar-refractivity contribution is 0.279. The van der Waals surface area contributed by atoms with E-state index in [4.69, 9.17) is 19.2 Å². The van der Waals surface area contributed by atoms with Crippen LogP contribution in [0.15, 0.2) is 47.5 Å². The molecule has 2 aromatic carbocycles. The summed E-state index contributed by atoms with van der Waals surface area (Å²) in [5.41, 5.74) is 2.82. The predicted molar refractivity (Wildman–Crippen MR) is 91.6 cm³/mol. The Morgan fingerprint density at radius 3 is 2.35 bits per heavy atom. The Balaban J connectivity index is 2.14. The molecule has 4 nitrogen and oxygen atoms in total. The molecule has 1 aliphatic heterocycles. The summed E-state index contributed by atoms with van der Waals surface area (Å²) in [5.74, 6) is 2.28. The number of hydrogen-bond acceptors (Lipinski definition) is 4. The minimum absolute atomic E-state index is 0.194. The molecule has 0 unspecified atom stereocenters. The van der Waals surface area contributed by atoms with E-state index in [1.165, 1.54) is 0 Å². The first-order valence-electron chi connectivity index (χ1n) is 7.58. The molecular formula is C19H21NO3. The van der Waals surface area contributed by atoms with Crippen molar-refractivity contribution in [2.45, 2.75) is 19.4 Å². The molecule has 0 N–H and O–H groups in total. The first-order valence-corrected chi connectivity index (χ1v) is 7.58. The van der Waals surface area contributed by atoms with Crippen molar-refractivity contribution in [1.82, 2.24) is 0 Å². The van der Waals surface area contributed by atoms with Crippen molar-refractivity contribution in [3.8, 4) is 22.6 Å². The van der Waals surface area contributed by atoms with E-state index in [0.717, 1.165) is 28.2 Å². The second kappa shape index (κ2) is 5.95. The molecule has 0 atom stereocenters. The molecule has 1 heterocycles. The van der Waals surface area contributed by atoms with Crippen LogP contribution in [0.3, 0.4) is 0 Å². The first kappa shape index (κ1) is 15.4. The van der Waals surface area contributed by atoms with Gasteiger partial charge in [0.1, 0.15) is 18.1 Å². The largest absolute Gasteiger partial charge is 0.497 e. The number of rotatable bonds is 4. The third-order valence-electron chi connectivity index (χ3n) is 3.80. The number of methoxy groups -OCH3 is 2. The summed E-state index contributed by atoms with van der Waals surface area (Å²) in [6.45, 7) is 4.72. The average Bonchev–Trinajstić information content (AvgIpc) is 2.94. The van der Waals surface area contributed by atoms with Gasteiger partial charge in [-0.05, 0) is 55.3 Å². The van der Waals surface area contributed by atoms with Gasteiger partial charge in [0.25, 0.3) is 0 Å². The van der Waals surface area contributed by atoms with E-state index in [2.05, 4.69) is 13.8 Å². The van der Waals surface area contributed by atoms with Gasteiger partial charge in [0.05, 0.1) is 19.8 Å². The number of benzene rings is 2. The minimum Gasteiger partial charge on any atom is -0.497 e. The Morgan fingerprint density at radius 2 is 1.70 bits per heavy atom. The van der Waals surface area contributed by atoms with Crippen LogP contribution in [0, 0.1) is 0 Å². The summed E-state index contributed by atoms with van der Waals surface area (Å²) in [6, 6.07) is 13.9. The number of aliphatic imine (C=N–C) groups is 1. The highest BCUT2D eigenvalue weighted by molar-refractivity contribution is 6.02. The molecule has 0 aliphatic carbocycles. The van der Waals surface area contributed by atoms with Crippen molar-refractivity contribution >= 4 is 5.90 Å². The van der Waals surface area contributed by atoms with Crippen LogP contribution in [0.2, 0.25) is 0 Å². The van der Waals surface area contributed by atoms with E-state index in [0.29, 0.717) is 12.5 Å². The van der Waals surface area contributed by atoms with Crippen LogP contribution in [-0.4, -0.2) is 32.3 Å². The van der Waals surface area contributed by atoms with E-state index >= 15 is 0 Å². The van der Waals surface area contributed by atoms with Crippen LogP contribution < -0.4 is 9.47 Å². The topological polar surface area (TPSA) is 40.0 Å². The molecule has 0 amide bonds. The first-order chi connectivity index (χ1) is 11.0. The standard InChI is InChI=1S/C19H21NO3/c1-19(2)12-23-18(20-19)16-9-8-15(22-4)11-17(16)13-6-5-7-14(10-13)21-3/h5-11H,12H2,1-4H3. The van der Waals surface area contributed by atoms with E-state index in [-0.39, 0.29) is 5.54 Å². The third kappa shape index (κ3) is 3.16. The van der Waals surface area contributed by atoms with Gasteiger partial charge in [-0.1, -0.05) is 12.1 Å². The number of ether oxygens (including phenoxy) is 3. The van der Waals surface area contributed by atoms with Gasteiger partial charge in [-0.25, -0.2) is 4.99 Å². The van der Waals surface area contributed by atoms with Crippen LogP contribution in [0.25, 0.3) is 11.1 Å². The second-order valence-corrected chi connectivity index (χ2v) is 6.16.